The Labute approximate surface area is 254 Å². The highest BCUT2D eigenvalue weighted by Gasteiger charge is 2.45. The molecule has 6 nitrogen and oxygen atoms in total. The third kappa shape index (κ3) is 12.6. The fourth-order valence-electron chi connectivity index (χ4n) is 4.08. The lowest BCUT2D eigenvalue weighted by Crippen LogP contribution is -2.54. The van der Waals surface area contributed by atoms with Crippen molar-refractivity contribution in [1.29, 1.82) is 0 Å². The molecule has 0 saturated heterocycles. The lowest BCUT2D eigenvalue weighted by atomic mass is 9.88. The van der Waals surface area contributed by atoms with Crippen molar-refractivity contribution < 1.29 is 23.2 Å². The fourth-order valence-corrected chi connectivity index (χ4v) is 6.42. The van der Waals surface area contributed by atoms with Gasteiger partial charge < -0.3 is 18.9 Å². The van der Waals surface area contributed by atoms with Crippen LogP contribution in [-0.4, -0.2) is 46.4 Å². The van der Waals surface area contributed by atoms with Gasteiger partial charge in [-0.2, -0.15) is 0 Å². The van der Waals surface area contributed by atoms with E-state index in [1.54, 1.807) is 0 Å². The molecule has 1 amide bonds. The fraction of sp³-hybridized carbons (Fsp3) is 0.758. The number of carbonyl (C=O) groups is 2. The van der Waals surface area contributed by atoms with E-state index in [-0.39, 0.29) is 22.0 Å². The average molecular weight is 608 g/mol. The molecular formula is C33H61NO5Si2. The number of ether oxygens (including phenoxy) is 1. The first-order valence-electron chi connectivity index (χ1n) is 15.3. The van der Waals surface area contributed by atoms with E-state index in [1.807, 2.05) is 39.0 Å². The Morgan fingerprint density at radius 3 is 1.76 bits per heavy atom. The van der Waals surface area contributed by atoms with E-state index in [1.165, 1.54) is 0 Å². The van der Waals surface area contributed by atoms with Crippen molar-refractivity contribution in [1.82, 2.24) is 5.32 Å². The van der Waals surface area contributed by atoms with Crippen LogP contribution >= 0.6 is 0 Å². The molecule has 0 saturated carbocycles. The van der Waals surface area contributed by atoms with Crippen molar-refractivity contribution in [2.45, 2.75) is 149 Å². The molecular weight excluding hydrogens is 547 g/mol. The maximum Gasteiger partial charge on any atom is 0.407 e. The average Bonchev–Trinajstić information content (AvgIpc) is 2.74. The van der Waals surface area contributed by atoms with E-state index in [0.717, 1.165) is 5.56 Å². The minimum absolute atomic E-state index is 0.0519. The van der Waals surface area contributed by atoms with Crippen molar-refractivity contribution in [2.24, 2.45) is 11.8 Å². The summed E-state index contributed by atoms with van der Waals surface area (Å²) in [6.45, 7) is 31.6. The Hall–Kier alpha value is -1.65. The van der Waals surface area contributed by atoms with Crippen LogP contribution in [0, 0.1) is 11.8 Å². The van der Waals surface area contributed by atoms with E-state index >= 15 is 0 Å². The van der Waals surface area contributed by atoms with Crippen molar-refractivity contribution in [2.75, 3.05) is 0 Å². The molecule has 0 bridgehead atoms. The lowest BCUT2D eigenvalue weighted by Gasteiger charge is -2.43. The predicted octanol–water partition coefficient (Wildman–Crippen LogP) is 9.11. The first-order chi connectivity index (χ1) is 18.3. The van der Waals surface area contributed by atoms with Gasteiger partial charge in [0.25, 0.3) is 14.3 Å². The van der Waals surface area contributed by atoms with Crippen LogP contribution in [0.5, 0.6) is 0 Å². The van der Waals surface area contributed by atoms with E-state index in [2.05, 4.69) is 99.0 Å². The molecule has 1 N–H and O–H groups in total. The van der Waals surface area contributed by atoms with Crippen LogP contribution in [0.3, 0.4) is 0 Å². The molecule has 0 fully saturated rings. The summed E-state index contributed by atoms with van der Waals surface area (Å²) in [6.07, 6.45) is 0.831. The van der Waals surface area contributed by atoms with Gasteiger partial charge in [0.2, 0.25) is 0 Å². The van der Waals surface area contributed by atoms with Gasteiger partial charge in [-0.3, -0.25) is 4.79 Å². The number of hydrogen-bond donors (Lipinski definition) is 1. The highest BCUT2D eigenvalue weighted by molar-refractivity contribution is 6.75. The Morgan fingerprint density at radius 2 is 1.32 bits per heavy atom. The zero-order chi connectivity index (χ0) is 32.0. The second kappa shape index (κ2) is 14.2. The molecule has 0 spiro atoms. The first-order valence-corrected chi connectivity index (χ1v) is 21.1. The van der Waals surface area contributed by atoms with Crippen LogP contribution in [0.15, 0.2) is 30.3 Å². The maximum absolute atomic E-state index is 13.9. The number of nitrogens with one attached hydrogen (secondary N) is 1. The topological polar surface area (TPSA) is 73.9 Å². The zero-order valence-corrected chi connectivity index (χ0v) is 30.9. The second-order valence-electron chi connectivity index (χ2n) is 16.1. The number of benzene rings is 1. The Bertz CT molecular complexity index is 972. The Balaban J connectivity index is 3.59. The van der Waals surface area contributed by atoms with Gasteiger partial charge in [0.15, 0.2) is 8.32 Å². The molecule has 1 aromatic carbocycles. The van der Waals surface area contributed by atoms with Gasteiger partial charge >= 0.3 is 6.09 Å². The summed E-state index contributed by atoms with van der Waals surface area (Å²) < 4.78 is 19.1. The SMILES string of the molecule is CC(C)CC(C[C@@H](O[Si](C)(C)C(C)(C)C)[C@H](Cc1ccccc1)NC(=O)OC(C)(C)C)C(=O)O[Si](C)(C)C(C)(C)C. The quantitative estimate of drug-likeness (QED) is 0.240. The van der Waals surface area contributed by atoms with Gasteiger partial charge in [0.05, 0.1) is 18.1 Å². The van der Waals surface area contributed by atoms with Crippen LogP contribution in [0.2, 0.25) is 36.3 Å². The highest BCUT2D eigenvalue weighted by atomic mass is 28.4. The number of amides is 1. The summed E-state index contributed by atoms with van der Waals surface area (Å²) >= 11 is 0. The number of rotatable bonds is 12. The molecule has 0 radical (unpaired) electrons. The van der Waals surface area contributed by atoms with Gasteiger partial charge in [-0.25, -0.2) is 4.79 Å². The van der Waals surface area contributed by atoms with Crippen molar-refractivity contribution in [3.05, 3.63) is 35.9 Å². The molecule has 0 aliphatic rings. The standard InChI is InChI=1S/C33H61NO5Si2/c1-24(2)21-26(29(35)39-41(14,15)33(9,10)11)23-28(38-40(12,13)32(6,7)8)27(22-25-19-17-16-18-20-25)34-30(36)37-31(3,4)5/h16-20,24,26-28H,21-23H2,1-15H3,(H,34,36)/t26?,27-,28+/m0/s1. The van der Waals surface area contributed by atoms with Crippen LogP contribution in [0.4, 0.5) is 4.79 Å². The van der Waals surface area contributed by atoms with E-state index in [0.29, 0.717) is 25.2 Å². The second-order valence-corrected chi connectivity index (χ2v) is 25.6. The molecule has 0 heterocycles. The summed E-state index contributed by atoms with van der Waals surface area (Å²) in [5.74, 6) is -0.200. The van der Waals surface area contributed by atoms with Gasteiger partial charge in [-0.15, -0.1) is 0 Å². The molecule has 1 rings (SSSR count). The van der Waals surface area contributed by atoms with Crippen LogP contribution in [-0.2, 0) is 24.8 Å². The summed E-state index contributed by atoms with van der Waals surface area (Å²) in [6, 6.07) is 9.72. The minimum Gasteiger partial charge on any atom is -0.519 e. The van der Waals surface area contributed by atoms with E-state index < -0.39 is 40.5 Å². The Morgan fingerprint density at radius 1 is 0.805 bits per heavy atom. The summed E-state index contributed by atoms with van der Waals surface area (Å²) in [7, 11) is -4.62. The summed E-state index contributed by atoms with van der Waals surface area (Å²) in [5, 5.41) is 3.02. The van der Waals surface area contributed by atoms with Crippen molar-refractivity contribution in [3.63, 3.8) is 0 Å². The molecule has 0 aliphatic heterocycles. The summed E-state index contributed by atoms with van der Waals surface area (Å²) in [4.78, 5) is 27.0. The smallest absolute Gasteiger partial charge is 0.407 e. The van der Waals surface area contributed by atoms with Crippen LogP contribution in [0.25, 0.3) is 0 Å². The Kier molecular flexibility index (Phi) is 13.0. The largest absolute Gasteiger partial charge is 0.519 e. The van der Waals surface area contributed by atoms with Crippen LogP contribution < -0.4 is 5.32 Å². The van der Waals surface area contributed by atoms with Gasteiger partial charge in [-0.05, 0) is 87.8 Å². The molecule has 1 unspecified atom stereocenters. The molecule has 236 valence electrons. The van der Waals surface area contributed by atoms with Crippen molar-refractivity contribution >= 4 is 28.7 Å². The zero-order valence-electron chi connectivity index (χ0n) is 28.9. The van der Waals surface area contributed by atoms with Crippen molar-refractivity contribution in [3.8, 4) is 0 Å². The predicted molar refractivity (Wildman–Crippen MR) is 176 cm³/mol. The third-order valence-electron chi connectivity index (χ3n) is 8.47. The lowest BCUT2D eigenvalue weighted by molar-refractivity contribution is -0.141. The molecule has 8 heteroatoms. The highest BCUT2D eigenvalue weighted by Crippen LogP contribution is 2.40. The molecule has 41 heavy (non-hydrogen) atoms. The van der Waals surface area contributed by atoms with E-state index in [4.69, 9.17) is 13.6 Å². The first kappa shape index (κ1) is 37.4. The van der Waals surface area contributed by atoms with E-state index in [9.17, 15) is 9.59 Å². The molecule has 1 aromatic rings. The monoisotopic (exact) mass is 607 g/mol. The van der Waals surface area contributed by atoms with Gasteiger partial charge in [0.1, 0.15) is 5.60 Å². The third-order valence-corrected chi connectivity index (χ3v) is 17.3. The minimum atomic E-state index is -2.32. The number of hydrogen-bond acceptors (Lipinski definition) is 5. The number of carbonyl (C=O) groups excluding carboxylic acids is 2. The molecule has 0 aliphatic carbocycles. The maximum atomic E-state index is 13.9. The molecule has 3 atom stereocenters. The van der Waals surface area contributed by atoms with Crippen LogP contribution in [0.1, 0.15) is 94.6 Å². The molecule has 0 aromatic heterocycles. The summed E-state index contributed by atoms with van der Waals surface area (Å²) in [5.41, 5.74) is 0.450. The van der Waals surface area contributed by atoms with Gasteiger partial charge in [-0.1, -0.05) is 85.7 Å². The van der Waals surface area contributed by atoms with Gasteiger partial charge in [0, 0.05) is 0 Å². The normalized spacial score (nSPS) is 15.7. The number of alkyl carbamates (subject to hydrolysis) is 1.